The van der Waals surface area contributed by atoms with Crippen LogP contribution in [0.3, 0.4) is 0 Å². The van der Waals surface area contributed by atoms with E-state index in [9.17, 15) is 0 Å². The molecule has 0 aromatic rings. The molecule has 1 heterocycles. The van der Waals surface area contributed by atoms with Crippen molar-refractivity contribution in [1.82, 2.24) is 0 Å². The van der Waals surface area contributed by atoms with Crippen molar-refractivity contribution in [3.8, 4) is 0 Å². The number of hydrogen-bond acceptors (Lipinski definition) is 2. The zero-order valence-corrected chi connectivity index (χ0v) is 13.6. The molecule has 0 aliphatic carbocycles. The lowest BCUT2D eigenvalue weighted by Gasteiger charge is -2.18. The lowest BCUT2D eigenvalue weighted by molar-refractivity contribution is 0.253. The molecule has 1 aliphatic rings. The predicted octanol–water partition coefficient (Wildman–Crippen LogP) is 4.80. The van der Waals surface area contributed by atoms with E-state index in [2.05, 4.69) is 27.7 Å². The summed E-state index contributed by atoms with van der Waals surface area (Å²) in [4.78, 5) is 0. The third-order valence-electron chi connectivity index (χ3n) is 4.95. The fourth-order valence-corrected chi connectivity index (χ4v) is 2.98. The maximum atomic E-state index is 6.26. The van der Waals surface area contributed by atoms with Gasteiger partial charge in [-0.25, -0.2) is 0 Å². The Morgan fingerprint density at radius 2 is 1.26 bits per heavy atom. The highest BCUT2D eigenvalue weighted by Gasteiger charge is 2.62. The van der Waals surface area contributed by atoms with Gasteiger partial charge in [0.05, 0.1) is 5.60 Å². The molecule has 0 aromatic carbocycles. The first-order valence-electron chi connectivity index (χ1n) is 8.40. The molecule has 1 fully saturated rings. The highest BCUT2D eigenvalue weighted by Crippen LogP contribution is 2.49. The molecule has 19 heavy (non-hydrogen) atoms. The van der Waals surface area contributed by atoms with Crippen molar-refractivity contribution >= 4 is 0 Å². The van der Waals surface area contributed by atoms with Crippen LogP contribution in [-0.2, 0) is 4.74 Å². The van der Waals surface area contributed by atoms with Gasteiger partial charge in [-0.3, -0.25) is 0 Å². The molecule has 1 rings (SSSR count). The fraction of sp³-hybridized carbons (Fsp3) is 1.00. The zero-order chi connectivity index (χ0) is 14.4. The second-order valence-corrected chi connectivity index (χ2v) is 6.94. The van der Waals surface area contributed by atoms with Gasteiger partial charge in [0.25, 0.3) is 0 Å². The Morgan fingerprint density at radius 1 is 0.842 bits per heavy atom. The van der Waals surface area contributed by atoms with Gasteiger partial charge in [-0.05, 0) is 27.2 Å². The Morgan fingerprint density at radius 3 is 1.68 bits per heavy atom. The first-order chi connectivity index (χ1) is 8.94. The molecule has 0 spiro atoms. The lowest BCUT2D eigenvalue weighted by atomic mass is 9.88. The minimum Gasteiger partial charge on any atom is -0.362 e. The fourth-order valence-electron chi connectivity index (χ4n) is 2.98. The summed E-state index contributed by atoms with van der Waals surface area (Å²) < 4.78 is 5.76. The Balaban J connectivity index is 1.91. The monoisotopic (exact) mass is 269 g/mol. The highest BCUT2D eigenvalue weighted by atomic mass is 16.6. The molecular formula is C17H35NO. The quantitative estimate of drug-likeness (QED) is 0.432. The molecule has 2 nitrogen and oxygen atoms in total. The molecule has 0 bridgehead atoms. The van der Waals surface area contributed by atoms with Crippen LogP contribution in [0.5, 0.6) is 0 Å². The second-order valence-electron chi connectivity index (χ2n) is 6.94. The third kappa shape index (κ3) is 5.07. The van der Waals surface area contributed by atoms with E-state index in [0.717, 1.165) is 6.42 Å². The molecule has 2 atom stereocenters. The van der Waals surface area contributed by atoms with Crippen LogP contribution < -0.4 is 5.73 Å². The summed E-state index contributed by atoms with van der Waals surface area (Å²) >= 11 is 0. The molecular weight excluding hydrogens is 234 g/mol. The standard InChI is InChI=1S/C17H35NO/c1-5-6-7-8-9-10-11-12-13-14-15(18)17(4)16(2,3)19-17/h15H,5-14,18H2,1-4H3. The van der Waals surface area contributed by atoms with Gasteiger partial charge in [0, 0.05) is 6.04 Å². The maximum absolute atomic E-state index is 6.26. The maximum Gasteiger partial charge on any atom is 0.110 e. The average molecular weight is 269 g/mol. The second kappa shape index (κ2) is 7.64. The Bertz CT molecular complexity index is 252. The lowest BCUT2D eigenvalue weighted by Crippen LogP contribution is -2.39. The topological polar surface area (TPSA) is 38.5 Å². The van der Waals surface area contributed by atoms with Crippen molar-refractivity contribution in [2.24, 2.45) is 5.73 Å². The average Bonchev–Trinajstić information content (AvgIpc) is 2.87. The van der Waals surface area contributed by atoms with Crippen LogP contribution in [0.2, 0.25) is 0 Å². The van der Waals surface area contributed by atoms with Gasteiger partial charge in [0.15, 0.2) is 0 Å². The van der Waals surface area contributed by atoms with Crippen molar-refractivity contribution in [1.29, 1.82) is 0 Å². The number of epoxide rings is 1. The van der Waals surface area contributed by atoms with E-state index in [-0.39, 0.29) is 17.2 Å². The van der Waals surface area contributed by atoms with Crippen LogP contribution in [0.15, 0.2) is 0 Å². The smallest absolute Gasteiger partial charge is 0.110 e. The molecule has 1 aliphatic heterocycles. The van der Waals surface area contributed by atoms with E-state index in [1.165, 1.54) is 57.8 Å². The zero-order valence-electron chi connectivity index (χ0n) is 13.6. The molecule has 0 radical (unpaired) electrons. The summed E-state index contributed by atoms with van der Waals surface area (Å²) in [5.41, 5.74) is 6.18. The van der Waals surface area contributed by atoms with E-state index in [0.29, 0.717) is 0 Å². The normalized spacial score (nSPS) is 26.4. The van der Waals surface area contributed by atoms with Gasteiger partial charge in [-0.2, -0.15) is 0 Å². The van der Waals surface area contributed by atoms with E-state index in [1.54, 1.807) is 0 Å². The summed E-state index contributed by atoms with van der Waals surface area (Å²) in [6.07, 6.45) is 13.5. The minimum absolute atomic E-state index is 0.00824. The molecule has 0 saturated carbocycles. The van der Waals surface area contributed by atoms with Gasteiger partial charge >= 0.3 is 0 Å². The number of unbranched alkanes of at least 4 members (excludes halogenated alkanes) is 8. The molecule has 114 valence electrons. The van der Waals surface area contributed by atoms with Crippen LogP contribution >= 0.6 is 0 Å². The van der Waals surface area contributed by atoms with Crippen molar-refractivity contribution < 1.29 is 4.74 Å². The molecule has 0 aromatic heterocycles. The SMILES string of the molecule is CCCCCCCCCCCC(N)C1(C)OC1(C)C. The summed E-state index contributed by atoms with van der Waals surface area (Å²) in [7, 11) is 0. The van der Waals surface area contributed by atoms with E-state index in [1.807, 2.05) is 0 Å². The predicted molar refractivity (Wildman–Crippen MR) is 83.4 cm³/mol. The summed E-state index contributed by atoms with van der Waals surface area (Å²) in [5, 5.41) is 0. The van der Waals surface area contributed by atoms with E-state index in [4.69, 9.17) is 10.5 Å². The highest BCUT2D eigenvalue weighted by molar-refractivity contribution is 5.13. The molecule has 1 saturated heterocycles. The Labute approximate surface area is 120 Å². The number of hydrogen-bond donors (Lipinski definition) is 1. The van der Waals surface area contributed by atoms with Crippen LogP contribution in [0, 0.1) is 0 Å². The molecule has 2 N–H and O–H groups in total. The molecule has 2 heteroatoms. The van der Waals surface area contributed by atoms with Gasteiger partial charge in [0.2, 0.25) is 0 Å². The first-order valence-corrected chi connectivity index (χ1v) is 8.40. The number of rotatable bonds is 11. The van der Waals surface area contributed by atoms with Crippen LogP contribution in [0.25, 0.3) is 0 Å². The number of ether oxygens (including phenoxy) is 1. The van der Waals surface area contributed by atoms with Crippen LogP contribution in [0.4, 0.5) is 0 Å². The van der Waals surface area contributed by atoms with Gasteiger partial charge in [-0.1, -0.05) is 64.7 Å². The van der Waals surface area contributed by atoms with Gasteiger partial charge < -0.3 is 10.5 Å². The van der Waals surface area contributed by atoms with Crippen molar-refractivity contribution in [3.63, 3.8) is 0 Å². The summed E-state index contributed by atoms with van der Waals surface area (Å²) in [5.74, 6) is 0. The van der Waals surface area contributed by atoms with Gasteiger partial charge in [0.1, 0.15) is 5.60 Å². The van der Waals surface area contributed by atoms with Crippen LogP contribution in [-0.4, -0.2) is 17.2 Å². The van der Waals surface area contributed by atoms with Gasteiger partial charge in [-0.15, -0.1) is 0 Å². The van der Waals surface area contributed by atoms with Crippen molar-refractivity contribution in [2.45, 2.75) is 109 Å². The largest absolute Gasteiger partial charge is 0.362 e. The third-order valence-corrected chi connectivity index (χ3v) is 4.95. The summed E-state index contributed by atoms with van der Waals surface area (Å²) in [6, 6.07) is 0.201. The minimum atomic E-state index is -0.0762. The van der Waals surface area contributed by atoms with E-state index >= 15 is 0 Å². The molecule has 2 unspecified atom stereocenters. The Kier molecular flexibility index (Phi) is 6.82. The van der Waals surface area contributed by atoms with Crippen molar-refractivity contribution in [2.75, 3.05) is 0 Å². The van der Waals surface area contributed by atoms with Crippen molar-refractivity contribution in [3.05, 3.63) is 0 Å². The summed E-state index contributed by atoms with van der Waals surface area (Å²) in [6.45, 7) is 8.71. The number of nitrogens with two attached hydrogens (primary N) is 1. The first kappa shape index (κ1) is 17.0. The Hall–Kier alpha value is -0.0800. The van der Waals surface area contributed by atoms with Crippen LogP contribution in [0.1, 0.15) is 91.9 Å². The molecule has 0 amide bonds. The van der Waals surface area contributed by atoms with E-state index < -0.39 is 0 Å².